The summed E-state index contributed by atoms with van der Waals surface area (Å²) in [6.45, 7) is 4.71. The molecule has 3 atom stereocenters. The zero-order valence-corrected chi connectivity index (χ0v) is 51.4. The van der Waals surface area contributed by atoms with E-state index < -0.39 is 20.0 Å². The van der Waals surface area contributed by atoms with Gasteiger partial charge in [0.05, 0.1) is 39.9 Å². The molecular weight excluding hydrogens is 960 g/mol. The molecule has 0 fully saturated rings. The molecule has 0 aromatic carbocycles. The van der Waals surface area contributed by atoms with E-state index in [1.54, 1.807) is 6.08 Å². The van der Waals surface area contributed by atoms with Crippen molar-refractivity contribution in [3.05, 3.63) is 85.1 Å². The molecule has 0 bridgehead atoms. The maximum absolute atomic E-state index is 13.0. The third-order valence-corrected chi connectivity index (χ3v) is 15.1. The molecule has 0 aromatic rings. The first kappa shape index (κ1) is 73.7. The molecule has 0 aromatic heterocycles. The number of carbonyl (C=O) groups is 1. The predicted molar refractivity (Wildman–Crippen MR) is 332 cm³/mol. The fourth-order valence-electron chi connectivity index (χ4n) is 9.15. The SMILES string of the molecule is CC/C=C\C/C=C\C/C=C\C/C=C\C/C=C\CCCCCCCCCCCCCCCCCCCC(=O)NC(COP(=O)(O)OCC[N+](C)(C)C)C(O)/C=C/CC/C=C/CCCCCCCCCCCCCCCCC. The van der Waals surface area contributed by atoms with Gasteiger partial charge in [-0.2, -0.15) is 0 Å². The van der Waals surface area contributed by atoms with Crippen molar-refractivity contribution < 1.29 is 32.9 Å². The monoisotopic (exact) mass is 1080 g/mol. The lowest BCUT2D eigenvalue weighted by Crippen LogP contribution is -2.45. The number of phosphoric acid groups is 1. The van der Waals surface area contributed by atoms with Crippen LogP contribution in [0.5, 0.6) is 0 Å². The highest BCUT2D eigenvalue weighted by molar-refractivity contribution is 7.47. The number of nitrogens with zero attached hydrogens (tertiary/aromatic N) is 1. The summed E-state index contributed by atoms with van der Waals surface area (Å²) >= 11 is 0. The van der Waals surface area contributed by atoms with Crippen LogP contribution in [0.15, 0.2) is 85.1 Å². The van der Waals surface area contributed by atoms with Gasteiger partial charge in [-0.25, -0.2) is 4.57 Å². The third kappa shape index (κ3) is 59.3. The molecule has 0 saturated heterocycles. The molecule has 0 radical (unpaired) electrons. The second-order valence-electron chi connectivity index (χ2n) is 22.7. The molecule has 442 valence electrons. The lowest BCUT2D eigenvalue weighted by molar-refractivity contribution is -0.870. The highest BCUT2D eigenvalue weighted by Gasteiger charge is 2.27. The number of quaternary nitrogens is 1. The van der Waals surface area contributed by atoms with E-state index in [1.807, 2.05) is 27.2 Å². The highest BCUT2D eigenvalue weighted by Crippen LogP contribution is 2.43. The van der Waals surface area contributed by atoms with Gasteiger partial charge in [0.2, 0.25) is 5.91 Å². The minimum absolute atomic E-state index is 0.0546. The van der Waals surface area contributed by atoms with Gasteiger partial charge in [-0.15, -0.1) is 0 Å². The van der Waals surface area contributed by atoms with Crippen molar-refractivity contribution in [2.45, 2.75) is 296 Å². The second-order valence-corrected chi connectivity index (χ2v) is 24.2. The minimum Gasteiger partial charge on any atom is -0.387 e. The molecule has 0 aliphatic rings. The van der Waals surface area contributed by atoms with E-state index in [0.717, 1.165) is 70.6 Å². The zero-order chi connectivity index (χ0) is 55.6. The van der Waals surface area contributed by atoms with Crippen LogP contribution in [0.4, 0.5) is 0 Å². The fourth-order valence-corrected chi connectivity index (χ4v) is 9.88. The van der Waals surface area contributed by atoms with Gasteiger partial charge < -0.3 is 19.8 Å². The molecule has 0 aliphatic carbocycles. The van der Waals surface area contributed by atoms with E-state index in [0.29, 0.717) is 17.4 Å². The Kier molecular flexibility index (Phi) is 55.6. The van der Waals surface area contributed by atoms with E-state index in [-0.39, 0.29) is 19.1 Å². The summed E-state index contributed by atoms with van der Waals surface area (Å²) in [5.74, 6) is -0.186. The Labute approximate surface area is 471 Å². The van der Waals surface area contributed by atoms with Crippen molar-refractivity contribution in [2.24, 2.45) is 0 Å². The molecule has 9 heteroatoms. The largest absolute Gasteiger partial charge is 0.472 e. The van der Waals surface area contributed by atoms with Crippen LogP contribution in [0.1, 0.15) is 284 Å². The van der Waals surface area contributed by atoms with Crippen LogP contribution >= 0.6 is 7.82 Å². The Morgan fingerprint density at radius 2 is 0.803 bits per heavy atom. The summed E-state index contributed by atoms with van der Waals surface area (Å²) in [6, 6.07) is -0.867. The van der Waals surface area contributed by atoms with Gasteiger partial charge >= 0.3 is 7.82 Å². The lowest BCUT2D eigenvalue weighted by Gasteiger charge is -2.25. The number of nitrogens with one attached hydrogen (secondary N) is 1. The van der Waals surface area contributed by atoms with Crippen molar-refractivity contribution in [3.63, 3.8) is 0 Å². The van der Waals surface area contributed by atoms with Crippen LogP contribution in [0.25, 0.3) is 0 Å². The topological polar surface area (TPSA) is 105 Å². The summed E-state index contributed by atoms with van der Waals surface area (Å²) in [7, 11) is 1.56. The Hall–Kier alpha value is -2.32. The van der Waals surface area contributed by atoms with Crippen molar-refractivity contribution in [2.75, 3.05) is 40.9 Å². The van der Waals surface area contributed by atoms with E-state index in [2.05, 4.69) is 92.1 Å². The number of allylic oxidation sites excluding steroid dienone is 13. The number of carbonyl (C=O) groups excluding carboxylic acids is 1. The number of aliphatic hydroxyl groups is 1. The van der Waals surface area contributed by atoms with Gasteiger partial charge in [0.15, 0.2) is 0 Å². The lowest BCUT2D eigenvalue weighted by atomic mass is 10.0. The van der Waals surface area contributed by atoms with E-state index in [1.165, 1.54) is 193 Å². The first-order valence-corrected chi connectivity index (χ1v) is 33.5. The number of unbranched alkanes of at least 4 members (excludes halogenated alkanes) is 33. The zero-order valence-electron chi connectivity index (χ0n) is 50.5. The number of hydrogen-bond donors (Lipinski definition) is 3. The van der Waals surface area contributed by atoms with Crippen molar-refractivity contribution >= 4 is 13.7 Å². The van der Waals surface area contributed by atoms with Gasteiger partial charge in [0.25, 0.3) is 0 Å². The van der Waals surface area contributed by atoms with Gasteiger partial charge in [-0.1, -0.05) is 285 Å². The maximum Gasteiger partial charge on any atom is 0.472 e. The predicted octanol–water partition coefficient (Wildman–Crippen LogP) is 20.0. The van der Waals surface area contributed by atoms with Gasteiger partial charge in [-0.05, 0) is 77.0 Å². The van der Waals surface area contributed by atoms with Gasteiger partial charge in [-0.3, -0.25) is 13.8 Å². The molecular formula is C67H124N2O6P+. The molecule has 0 aliphatic heterocycles. The third-order valence-electron chi connectivity index (χ3n) is 14.1. The van der Waals surface area contributed by atoms with E-state index >= 15 is 0 Å². The van der Waals surface area contributed by atoms with Gasteiger partial charge in [0, 0.05) is 6.42 Å². The molecule has 0 heterocycles. The van der Waals surface area contributed by atoms with Crippen LogP contribution in [0.3, 0.4) is 0 Å². The molecule has 3 N–H and O–H groups in total. The van der Waals surface area contributed by atoms with Crippen molar-refractivity contribution in [1.82, 2.24) is 5.32 Å². The summed E-state index contributed by atoms with van der Waals surface area (Å²) in [4.78, 5) is 23.4. The highest BCUT2D eigenvalue weighted by atomic mass is 31.2. The second kappa shape index (κ2) is 57.4. The number of likely N-dealkylation sites (N-methyl/N-ethyl adjacent to an activating group) is 1. The first-order chi connectivity index (χ1) is 37.0. The summed E-state index contributed by atoms with van der Waals surface area (Å²) in [6.07, 6.45) is 81.4. The van der Waals surface area contributed by atoms with Crippen LogP contribution in [0, 0.1) is 0 Å². The molecule has 8 nitrogen and oxygen atoms in total. The number of aliphatic hydroxyl groups excluding tert-OH is 1. The smallest absolute Gasteiger partial charge is 0.387 e. The number of amides is 1. The van der Waals surface area contributed by atoms with Crippen molar-refractivity contribution in [1.29, 1.82) is 0 Å². The Balaban J connectivity index is 4.12. The van der Waals surface area contributed by atoms with E-state index in [4.69, 9.17) is 9.05 Å². The summed E-state index contributed by atoms with van der Waals surface area (Å²) in [5, 5.41) is 14.0. The Morgan fingerprint density at radius 1 is 0.461 bits per heavy atom. The Morgan fingerprint density at radius 3 is 1.21 bits per heavy atom. The van der Waals surface area contributed by atoms with Crippen LogP contribution in [0.2, 0.25) is 0 Å². The summed E-state index contributed by atoms with van der Waals surface area (Å²) in [5.41, 5.74) is 0. The first-order valence-electron chi connectivity index (χ1n) is 32.0. The quantitative estimate of drug-likeness (QED) is 0.0243. The van der Waals surface area contributed by atoms with Crippen LogP contribution in [-0.2, 0) is 18.4 Å². The normalized spacial score (nSPS) is 14.4. The standard InChI is InChI=1S/C67H123N2O6P/c1-6-8-10-12-14-16-18-20-22-24-26-28-29-30-31-32-33-34-35-36-37-38-39-41-43-45-47-49-51-53-55-57-59-61-67(71)68-65(64-75-76(72,73)74-63-62-69(3,4)5)66(70)60-58-56-54-52-50-48-46-44-42-40-27-25-23-21-19-17-15-13-11-9-7-2/h8,10,14,16,20,22,26,28,30-31,50,52,58,60,65-66,70H,6-7,9,11-13,15,17-19,21,23-25,27,29,32-49,51,53-57,59,61-64H2,1-5H3,(H-,68,71,72,73)/p+1/b10-8-,16-14-,22-20-,28-26-,31-30-,52-50+,60-58+. The van der Waals surface area contributed by atoms with Crippen molar-refractivity contribution in [3.8, 4) is 0 Å². The fraction of sp³-hybridized carbons (Fsp3) is 0.776. The molecule has 0 rings (SSSR count). The van der Waals surface area contributed by atoms with E-state index in [9.17, 15) is 19.4 Å². The number of hydrogen-bond acceptors (Lipinski definition) is 5. The molecule has 1 amide bonds. The minimum atomic E-state index is -4.36. The maximum atomic E-state index is 13.0. The average molecular weight is 1080 g/mol. The molecule has 0 spiro atoms. The van der Waals surface area contributed by atoms with Crippen LogP contribution < -0.4 is 5.32 Å². The number of rotatable bonds is 58. The molecule has 76 heavy (non-hydrogen) atoms. The van der Waals surface area contributed by atoms with Gasteiger partial charge in [0.1, 0.15) is 13.2 Å². The summed E-state index contributed by atoms with van der Waals surface area (Å²) < 4.78 is 23.7. The Bertz CT molecular complexity index is 1510. The molecule has 3 unspecified atom stereocenters. The average Bonchev–Trinajstić information content (AvgIpc) is 3.38. The number of phosphoric ester groups is 1. The van der Waals surface area contributed by atoms with Crippen LogP contribution in [-0.4, -0.2) is 73.4 Å². The molecule has 0 saturated carbocycles.